The monoisotopic (exact) mass is 242 g/mol. The lowest BCUT2D eigenvalue weighted by Crippen LogP contribution is -2.25. The zero-order valence-corrected chi connectivity index (χ0v) is 9.79. The number of amides is 1. The molecule has 1 aromatic heterocycles. The summed E-state index contributed by atoms with van der Waals surface area (Å²) in [6.45, 7) is 2.65. The number of hydrogen-bond donors (Lipinski definition) is 2. The first kappa shape index (κ1) is 12.8. The molecule has 0 aliphatic carbocycles. The van der Waals surface area contributed by atoms with E-state index in [-0.39, 0.29) is 16.5 Å². The summed E-state index contributed by atoms with van der Waals surface area (Å²) in [5, 5.41) is 2.71. The van der Waals surface area contributed by atoms with Gasteiger partial charge in [0.15, 0.2) is 11.1 Å². The van der Waals surface area contributed by atoms with Crippen molar-refractivity contribution >= 4 is 17.0 Å². The number of carbonyl (C=O) groups is 1. The van der Waals surface area contributed by atoms with Crippen LogP contribution in [0.4, 0.5) is 0 Å². The third kappa shape index (κ3) is 3.71. The molecule has 0 bridgehead atoms. The summed E-state index contributed by atoms with van der Waals surface area (Å²) in [6.07, 6.45) is 3.16. The Morgan fingerprint density at radius 2 is 2.31 bits per heavy atom. The van der Waals surface area contributed by atoms with E-state index in [1.807, 2.05) is 6.92 Å². The van der Waals surface area contributed by atoms with E-state index >= 15 is 0 Å². The normalized spacial score (nSPS) is 12.1. The third-order valence-electron chi connectivity index (χ3n) is 1.99. The van der Waals surface area contributed by atoms with E-state index in [1.165, 1.54) is 18.3 Å². The molecule has 0 saturated carbocycles. The summed E-state index contributed by atoms with van der Waals surface area (Å²) in [4.78, 5) is 15.5. The standard InChI is InChI=1S/C10H14N2O3S/c1-2-3-6-11-10(13)9-5-4-8(7-12-9)16(14)15/h4-5,7H,2-3,6H2,1H3,(H,11,13)(H,14,15). The second-order valence-electron chi connectivity index (χ2n) is 3.24. The minimum atomic E-state index is -2.05. The molecule has 0 aliphatic heterocycles. The van der Waals surface area contributed by atoms with Gasteiger partial charge in [-0.25, -0.2) is 9.19 Å². The number of aromatic nitrogens is 1. The van der Waals surface area contributed by atoms with Gasteiger partial charge in [-0.1, -0.05) is 13.3 Å². The van der Waals surface area contributed by atoms with Crippen LogP contribution >= 0.6 is 0 Å². The molecule has 0 saturated heterocycles. The van der Waals surface area contributed by atoms with E-state index in [4.69, 9.17) is 4.55 Å². The van der Waals surface area contributed by atoms with Gasteiger partial charge in [-0.05, 0) is 18.6 Å². The Hall–Kier alpha value is -1.27. The van der Waals surface area contributed by atoms with Crippen LogP contribution in [0.25, 0.3) is 0 Å². The Balaban J connectivity index is 2.59. The lowest BCUT2D eigenvalue weighted by atomic mass is 10.3. The Morgan fingerprint density at radius 1 is 1.56 bits per heavy atom. The molecule has 1 heterocycles. The summed E-state index contributed by atoms with van der Waals surface area (Å²) in [6, 6.07) is 2.85. The van der Waals surface area contributed by atoms with Gasteiger partial charge in [0.2, 0.25) is 0 Å². The summed E-state index contributed by atoms with van der Waals surface area (Å²) in [5.74, 6) is -0.260. The van der Waals surface area contributed by atoms with Crippen LogP contribution in [-0.4, -0.2) is 26.2 Å². The molecule has 1 amide bonds. The van der Waals surface area contributed by atoms with Crippen LogP contribution in [-0.2, 0) is 11.1 Å². The highest BCUT2D eigenvalue weighted by Crippen LogP contribution is 2.03. The fraction of sp³-hybridized carbons (Fsp3) is 0.400. The van der Waals surface area contributed by atoms with Crippen molar-refractivity contribution in [3.63, 3.8) is 0 Å². The maximum atomic E-state index is 11.5. The number of nitrogens with zero attached hydrogens (tertiary/aromatic N) is 1. The molecule has 0 fully saturated rings. The van der Waals surface area contributed by atoms with Crippen molar-refractivity contribution in [1.29, 1.82) is 0 Å². The molecule has 0 spiro atoms. The van der Waals surface area contributed by atoms with Crippen LogP contribution in [0.15, 0.2) is 23.2 Å². The van der Waals surface area contributed by atoms with Crippen molar-refractivity contribution in [3.05, 3.63) is 24.0 Å². The number of carbonyl (C=O) groups excluding carboxylic acids is 1. The molecule has 6 heteroatoms. The summed E-state index contributed by atoms with van der Waals surface area (Å²) >= 11 is -2.05. The molecular weight excluding hydrogens is 228 g/mol. The van der Waals surface area contributed by atoms with Gasteiger partial charge in [0.25, 0.3) is 5.91 Å². The number of hydrogen-bond acceptors (Lipinski definition) is 3. The highest BCUT2D eigenvalue weighted by molar-refractivity contribution is 7.79. The predicted molar refractivity (Wildman–Crippen MR) is 60.5 cm³/mol. The van der Waals surface area contributed by atoms with Gasteiger partial charge < -0.3 is 9.87 Å². The maximum Gasteiger partial charge on any atom is 0.269 e. The van der Waals surface area contributed by atoms with Crippen molar-refractivity contribution in [2.45, 2.75) is 24.7 Å². The Morgan fingerprint density at radius 3 is 2.81 bits per heavy atom. The van der Waals surface area contributed by atoms with Crippen molar-refractivity contribution in [1.82, 2.24) is 10.3 Å². The predicted octanol–water partition coefficient (Wildman–Crippen LogP) is 1.19. The Labute approximate surface area is 96.6 Å². The highest BCUT2D eigenvalue weighted by Gasteiger charge is 2.07. The second kappa shape index (κ2) is 6.34. The zero-order chi connectivity index (χ0) is 12.0. The smallest absolute Gasteiger partial charge is 0.269 e. The maximum absolute atomic E-state index is 11.5. The van der Waals surface area contributed by atoms with Crippen LogP contribution < -0.4 is 5.32 Å². The number of nitrogens with one attached hydrogen (secondary N) is 1. The SMILES string of the molecule is CCCCNC(=O)c1ccc(S(=O)O)cn1. The van der Waals surface area contributed by atoms with Crippen molar-refractivity contribution in [3.8, 4) is 0 Å². The van der Waals surface area contributed by atoms with Gasteiger partial charge in [0.05, 0.1) is 4.90 Å². The quantitative estimate of drug-likeness (QED) is 0.600. The average Bonchev–Trinajstić information content (AvgIpc) is 2.29. The number of unbranched alkanes of at least 4 members (excludes halogenated alkanes) is 1. The largest absolute Gasteiger partial charge is 0.351 e. The van der Waals surface area contributed by atoms with Crippen LogP contribution in [0.1, 0.15) is 30.3 Å². The van der Waals surface area contributed by atoms with E-state index in [0.717, 1.165) is 12.8 Å². The van der Waals surface area contributed by atoms with Crippen LogP contribution in [0, 0.1) is 0 Å². The van der Waals surface area contributed by atoms with Crippen molar-refractivity contribution in [2.75, 3.05) is 6.54 Å². The van der Waals surface area contributed by atoms with Crippen molar-refractivity contribution in [2.24, 2.45) is 0 Å². The summed E-state index contributed by atoms with van der Waals surface area (Å²) < 4.78 is 19.4. The van der Waals surface area contributed by atoms with Gasteiger partial charge in [0.1, 0.15) is 5.69 Å². The minimum absolute atomic E-state index is 0.185. The van der Waals surface area contributed by atoms with E-state index in [9.17, 15) is 9.00 Å². The summed E-state index contributed by atoms with van der Waals surface area (Å²) in [5.41, 5.74) is 0.255. The molecule has 0 aromatic carbocycles. The number of pyridine rings is 1. The topological polar surface area (TPSA) is 79.3 Å². The van der Waals surface area contributed by atoms with Crippen LogP contribution in [0.5, 0.6) is 0 Å². The Bertz CT molecular complexity index is 378. The van der Waals surface area contributed by atoms with Gasteiger partial charge in [-0.15, -0.1) is 0 Å². The second-order valence-corrected chi connectivity index (χ2v) is 4.21. The lowest BCUT2D eigenvalue weighted by Gasteiger charge is -2.03. The average molecular weight is 242 g/mol. The van der Waals surface area contributed by atoms with Gasteiger partial charge in [-0.2, -0.15) is 0 Å². The third-order valence-corrected chi connectivity index (χ3v) is 2.63. The Kier molecular flexibility index (Phi) is 5.07. The zero-order valence-electron chi connectivity index (χ0n) is 8.97. The minimum Gasteiger partial charge on any atom is -0.351 e. The first-order valence-electron chi connectivity index (χ1n) is 5.00. The molecule has 5 nitrogen and oxygen atoms in total. The van der Waals surface area contributed by atoms with E-state index in [0.29, 0.717) is 6.54 Å². The molecule has 88 valence electrons. The first-order chi connectivity index (χ1) is 7.65. The van der Waals surface area contributed by atoms with Crippen LogP contribution in [0.3, 0.4) is 0 Å². The molecule has 2 N–H and O–H groups in total. The molecular formula is C10H14N2O3S. The molecule has 1 rings (SSSR count). The van der Waals surface area contributed by atoms with Gasteiger partial charge >= 0.3 is 0 Å². The van der Waals surface area contributed by atoms with E-state index in [1.54, 1.807) is 0 Å². The molecule has 16 heavy (non-hydrogen) atoms. The fourth-order valence-electron chi connectivity index (χ4n) is 1.09. The lowest BCUT2D eigenvalue weighted by molar-refractivity contribution is 0.0948. The van der Waals surface area contributed by atoms with Gasteiger partial charge in [-0.3, -0.25) is 4.79 Å². The highest BCUT2D eigenvalue weighted by atomic mass is 32.2. The van der Waals surface area contributed by atoms with E-state index in [2.05, 4.69) is 10.3 Å². The van der Waals surface area contributed by atoms with Crippen molar-refractivity contribution < 1.29 is 13.6 Å². The fourth-order valence-corrected chi connectivity index (χ4v) is 1.41. The molecule has 0 radical (unpaired) electrons. The molecule has 1 unspecified atom stereocenters. The molecule has 1 aromatic rings. The number of rotatable bonds is 5. The molecule has 1 atom stereocenters. The van der Waals surface area contributed by atoms with Crippen LogP contribution in [0.2, 0.25) is 0 Å². The molecule has 0 aliphatic rings. The van der Waals surface area contributed by atoms with Gasteiger partial charge in [0, 0.05) is 12.7 Å². The summed E-state index contributed by atoms with van der Waals surface area (Å²) in [7, 11) is 0. The van der Waals surface area contributed by atoms with E-state index < -0.39 is 11.1 Å². The first-order valence-corrected chi connectivity index (χ1v) is 6.11.